The lowest BCUT2D eigenvalue weighted by Crippen LogP contribution is -2.47. The van der Waals surface area contributed by atoms with Crippen LogP contribution in [0.2, 0.25) is 0 Å². The molecule has 1 aromatic heterocycles. The first kappa shape index (κ1) is 27.5. The van der Waals surface area contributed by atoms with E-state index in [1.165, 1.54) is 83.6 Å². The van der Waals surface area contributed by atoms with E-state index in [2.05, 4.69) is 26.3 Å². The molecule has 4 rings (SSSR count). The normalized spacial score (nSPS) is 27.8. The summed E-state index contributed by atoms with van der Waals surface area (Å²) >= 11 is 0. The maximum absolute atomic E-state index is 12.8. The summed E-state index contributed by atoms with van der Waals surface area (Å²) in [5, 5.41) is 14.2. The fourth-order valence-corrected chi connectivity index (χ4v) is 7.07. The highest BCUT2D eigenvalue weighted by molar-refractivity contribution is 5.81. The second-order valence-corrected chi connectivity index (χ2v) is 11.7. The van der Waals surface area contributed by atoms with Gasteiger partial charge in [0.15, 0.2) is 0 Å². The summed E-state index contributed by atoms with van der Waals surface area (Å²) in [6.07, 6.45) is 18.1. The summed E-state index contributed by atoms with van der Waals surface area (Å²) in [6, 6.07) is 6.46. The molecule has 5 atom stereocenters. The van der Waals surface area contributed by atoms with Crippen LogP contribution in [0.3, 0.4) is 0 Å². The van der Waals surface area contributed by atoms with Crippen LogP contribution in [0.15, 0.2) is 24.4 Å². The van der Waals surface area contributed by atoms with Crippen LogP contribution in [-0.4, -0.2) is 49.2 Å². The van der Waals surface area contributed by atoms with Crippen LogP contribution in [0, 0.1) is 23.7 Å². The van der Waals surface area contributed by atoms with E-state index in [0.29, 0.717) is 12.5 Å². The third-order valence-corrected chi connectivity index (χ3v) is 9.22. The zero-order chi connectivity index (χ0) is 25.0. The molecule has 36 heavy (non-hydrogen) atoms. The fraction of sp³-hybridized carbons (Fsp3) is 0.800. The van der Waals surface area contributed by atoms with E-state index in [-0.39, 0.29) is 11.9 Å². The Morgan fingerprint density at radius 3 is 2.36 bits per heavy atom. The largest absolute Gasteiger partial charge is 0.354 e. The van der Waals surface area contributed by atoms with E-state index < -0.39 is 0 Å². The van der Waals surface area contributed by atoms with Gasteiger partial charge in [0.1, 0.15) is 0 Å². The molecule has 0 saturated heterocycles. The Morgan fingerprint density at radius 1 is 0.917 bits per heavy atom. The van der Waals surface area contributed by atoms with Crippen molar-refractivity contribution in [2.75, 3.05) is 26.2 Å². The molecule has 2 unspecified atom stereocenters. The number of nitrogens with zero attached hydrogens (tertiary/aromatic N) is 1. The molecule has 3 aliphatic rings. The molecule has 3 aliphatic carbocycles. The number of amides is 1. The van der Waals surface area contributed by atoms with Gasteiger partial charge in [-0.2, -0.15) is 0 Å². The molecule has 0 aliphatic heterocycles. The van der Waals surface area contributed by atoms with Crippen molar-refractivity contribution >= 4 is 5.91 Å². The first-order valence-corrected chi connectivity index (χ1v) is 15.1. The molecule has 0 radical (unpaired) electrons. The van der Waals surface area contributed by atoms with Gasteiger partial charge in [-0.25, -0.2) is 0 Å². The summed E-state index contributed by atoms with van der Waals surface area (Å²) in [5.41, 5.74) is 0.967. The third-order valence-electron chi connectivity index (χ3n) is 9.22. The van der Waals surface area contributed by atoms with Gasteiger partial charge in [-0.3, -0.25) is 9.78 Å². The molecule has 6 nitrogen and oxygen atoms in total. The number of rotatable bonds is 13. The van der Waals surface area contributed by atoms with Gasteiger partial charge in [0.2, 0.25) is 5.91 Å². The zero-order valence-electron chi connectivity index (χ0n) is 22.6. The Morgan fingerprint density at radius 2 is 1.64 bits per heavy atom. The minimum atomic E-state index is -0.206. The summed E-state index contributed by atoms with van der Waals surface area (Å²) in [5.74, 6) is 3.18. The quantitative estimate of drug-likeness (QED) is 0.304. The van der Waals surface area contributed by atoms with Gasteiger partial charge in [0.05, 0.1) is 11.7 Å². The maximum Gasteiger partial charge on any atom is 0.236 e. The summed E-state index contributed by atoms with van der Waals surface area (Å²) in [4.78, 5) is 17.1. The molecular formula is C30H51N5O. The minimum Gasteiger partial charge on any atom is -0.354 e. The Balaban J connectivity index is 1.13. The van der Waals surface area contributed by atoms with Gasteiger partial charge in [0.25, 0.3) is 0 Å². The first-order valence-electron chi connectivity index (χ1n) is 15.1. The van der Waals surface area contributed by atoms with Crippen LogP contribution in [0.25, 0.3) is 0 Å². The number of carbonyl (C=O) groups is 1. The topological polar surface area (TPSA) is 78.1 Å². The molecule has 0 aromatic carbocycles. The van der Waals surface area contributed by atoms with E-state index >= 15 is 0 Å². The number of hydrogen-bond donors (Lipinski definition) is 4. The lowest BCUT2D eigenvalue weighted by atomic mass is 9.61. The highest BCUT2D eigenvalue weighted by Gasteiger charge is 2.40. The highest BCUT2D eigenvalue weighted by atomic mass is 16.2. The van der Waals surface area contributed by atoms with Crippen LogP contribution in [-0.2, 0) is 11.3 Å². The number of hydrogen-bond acceptors (Lipinski definition) is 5. The molecule has 1 heterocycles. The van der Waals surface area contributed by atoms with Crippen molar-refractivity contribution in [3.05, 3.63) is 30.1 Å². The predicted octanol–water partition coefficient (Wildman–Crippen LogP) is 4.41. The second kappa shape index (κ2) is 15.0. The molecular weight excluding hydrogens is 446 g/mol. The maximum atomic E-state index is 12.8. The van der Waals surface area contributed by atoms with E-state index in [1.807, 2.05) is 25.1 Å². The van der Waals surface area contributed by atoms with Gasteiger partial charge in [-0.1, -0.05) is 38.2 Å². The zero-order valence-corrected chi connectivity index (χ0v) is 22.6. The summed E-state index contributed by atoms with van der Waals surface area (Å²) in [6.45, 7) is 6.88. The molecule has 3 saturated carbocycles. The lowest BCUT2D eigenvalue weighted by molar-refractivity contribution is -0.123. The highest BCUT2D eigenvalue weighted by Crippen LogP contribution is 2.46. The van der Waals surface area contributed by atoms with Gasteiger partial charge in [0, 0.05) is 25.3 Å². The average Bonchev–Trinajstić information content (AvgIpc) is 2.93. The molecule has 3 fully saturated rings. The molecule has 0 spiro atoms. The Labute approximate surface area is 219 Å². The fourth-order valence-electron chi connectivity index (χ4n) is 7.07. The number of fused-ring (bicyclic) bond motifs is 1. The van der Waals surface area contributed by atoms with Gasteiger partial charge < -0.3 is 21.3 Å². The molecule has 6 heteroatoms. The van der Waals surface area contributed by atoms with Gasteiger partial charge in [-0.15, -0.1) is 0 Å². The van der Waals surface area contributed by atoms with Crippen molar-refractivity contribution in [2.45, 2.75) is 103 Å². The van der Waals surface area contributed by atoms with Crippen LogP contribution in [0.4, 0.5) is 0 Å². The molecule has 4 N–H and O–H groups in total. The number of aromatic nitrogens is 1. The molecule has 0 bridgehead atoms. The van der Waals surface area contributed by atoms with Crippen molar-refractivity contribution in [2.24, 2.45) is 23.7 Å². The van der Waals surface area contributed by atoms with E-state index in [4.69, 9.17) is 0 Å². The summed E-state index contributed by atoms with van der Waals surface area (Å²) in [7, 11) is 0. The number of nitrogens with one attached hydrogen (secondary N) is 4. The average molecular weight is 498 g/mol. The summed E-state index contributed by atoms with van der Waals surface area (Å²) < 4.78 is 0. The van der Waals surface area contributed by atoms with E-state index in [9.17, 15) is 4.79 Å². The first-order chi connectivity index (χ1) is 17.7. The van der Waals surface area contributed by atoms with Gasteiger partial charge >= 0.3 is 0 Å². The molecule has 1 aromatic rings. The SMILES string of the molecule is C[C@H](NCc1ccccn1)C(=O)NC[C@H]1CC[C@H](CNCCCNC2CCCCC2)C2CCCCC21. The van der Waals surface area contributed by atoms with Crippen molar-refractivity contribution in [1.82, 2.24) is 26.3 Å². The van der Waals surface area contributed by atoms with Crippen molar-refractivity contribution in [3.8, 4) is 0 Å². The van der Waals surface area contributed by atoms with Crippen LogP contribution >= 0.6 is 0 Å². The third kappa shape index (κ3) is 8.53. The van der Waals surface area contributed by atoms with Gasteiger partial charge in [-0.05, 0) is 107 Å². The predicted molar refractivity (Wildman–Crippen MR) is 148 cm³/mol. The van der Waals surface area contributed by atoms with Crippen LogP contribution in [0.1, 0.15) is 89.7 Å². The minimum absolute atomic E-state index is 0.115. The van der Waals surface area contributed by atoms with Crippen molar-refractivity contribution in [1.29, 1.82) is 0 Å². The van der Waals surface area contributed by atoms with E-state index in [1.54, 1.807) is 6.20 Å². The monoisotopic (exact) mass is 497 g/mol. The lowest BCUT2D eigenvalue weighted by Gasteiger charge is -2.46. The van der Waals surface area contributed by atoms with Crippen molar-refractivity contribution < 1.29 is 4.79 Å². The number of pyridine rings is 1. The van der Waals surface area contributed by atoms with E-state index in [0.717, 1.165) is 49.1 Å². The Kier molecular flexibility index (Phi) is 11.5. The standard InChI is InChI=1S/C30H51N5O/c1-23(34-22-27-12-7-8-18-33-27)30(36)35-21-25-16-15-24(28-13-5-6-14-29(25)28)20-31-17-9-19-32-26-10-3-2-4-11-26/h7-8,12,18,23-26,28-29,31-32,34H,2-6,9-11,13-17,19-22H2,1H3,(H,35,36)/t23-,24+,25+,28?,29?/m0/s1. The Hall–Kier alpha value is -1.50. The second-order valence-electron chi connectivity index (χ2n) is 11.7. The molecule has 1 amide bonds. The smallest absolute Gasteiger partial charge is 0.236 e. The molecule has 202 valence electrons. The van der Waals surface area contributed by atoms with Crippen LogP contribution in [0.5, 0.6) is 0 Å². The van der Waals surface area contributed by atoms with Crippen molar-refractivity contribution in [3.63, 3.8) is 0 Å². The van der Waals surface area contributed by atoms with Crippen LogP contribution < -0.4 is 21.3 Å². The number of carbonyl (C=O) groups excluding carboxylic acids is 1. The Bertz CT molecular complexity index is 753.